The van der Waals surface area contributed by atoms with E-state index in [4.69, 9.17) is 11.5 Å². The molecule has 0 aliphatic carbocycles. The van der Waals surface area contributed by atoms with Crippen LogP contribution < -0.4 is 11.5 Å². The van der Waals surface area contributed by atoms with Crippen molar-refractivity contribution in [3.05, 3.63) is 0 Å². The summed E-state index contributed by atoms with van der Waals surface area (Å²) in [6.07, 6.45) is 0. The smallest absolute Gasteiger partial charge is 0.240 e. The van der Waals surface area contributed by atoms with Crippen molar-refractivity contribution >= 4 is 11.8 Å². The molecule has 0 fully saturated rings. The lowest BCUT2D eigenvalue weighted by molar-refractivity contribution is -0.136. The van der Waals surface area contributed by atoms with E-state index in [0.29, 0.717) is 0 Å². The van der Waals surface area contributed by atoms with Crippen LogP contribution in [0.2, 0.25) is 0 Å². The summed E-state index contributed by atoms with van der Waals surface area (Å²) in [5.41, 5.74) is 10.4. The van der Waals surface area contributed by atoms with Crippen LogP contribution in [0.1, 0.15) is 20.8 Å². The fourth-order valence-electron chi connectivity index (χ4n) is 0.920. The first kappa shape index (κ1) is 12.9. The zero-order valence-electron chi connectivity index (χ0n) is 9.20. The Kier molecular flexibility index (Phi) is 4.07. The molecule has 82 valence electrons. The van der Waals surface area contributed by atoms with Crippen molar-refractivity contribution in [2.24, 2.45) is 16.9 Å². The highest BCUT2D eigenvalue weighted by Gasteiger charge is 2.29. The number of carbonyl (C=O) groups excluding carboxylic acids is 2. The van der Waals surface area contributed by atoms with E-state index in [1.54, 1.807) is 0 Å². The number of hydrogen-bond acceptors (Lipinski definition) is 3. The van der Waals surface area contributed by atoms with Crippen LogP contribution in [-0.4, -0.2) is 36.3 Å². The fourth-order valence-corrected chi connectivity index (χ4v) is 0.920. The van der Waals surface area contributed by atoms with Gasteiger partial charge in [-0.2, -0.15) is 0 Å². The van der Waals surface area contributed by atoms with E-state index in [-0.39, 0.29) is 17.9 Å². The van der Waals surface area contributed by atoms with Gasteiger partial charge >= 0.3 is 0 Å². The zero-order valence-corrected chi connectivity index (χ0v) is 9.20. The molecule has 0 heterocycles. The highest BCUT2D eigenvalue weighted by Crippen LogP contribution is 2.18. The topological polar surface area (TPSA) is 89.4 Å². The molecule has 0 aliphatic rings. The first-order chi connectivity index (χ1) is 6.16. The van der Waals surface area contributed by atoms with Crippen molar-refractivity contribution < 1.29 is 9.59 Å². The van der Waals surface area contributed by atoms with Crippen LogP contribution in [-0.2, 0) is 9.59 Å². The average Bonchev–Trinajstić information content (AvgIpc) is 1.98. The molecule has 0 bridgehead atoms. The van der Waals surface area contributed by atoms with Gasteiger partial charge in [0.15, 0.2) is 0 Å². The van der Waals surface area contributed by atoms with E-state index < -0.39 is 11.9 Å². The minimum Gasteiger partial charge on any atom is -0.368 e. The number of nitrogens with zero attached hydrogens (tertiary/aromatic N) is 1. The van der Waals surface area contributed by atoms with E-state index >= 15 is 0 Å². The average molecular weight is 201 g/mol. The van der Waals surface area contributed by atoms with Gasteiger partial charge in [-0.25, -0.2) is 0 Å². The first-order valence-electron chi connectivity index (χ1n) is 4.45. The van der Waals surface area contributed by atoms with Gasteiger partial charge in [0.2, 0.25) is 11.8 Å². The Bertz CT molecular complexity index is 233. The molecular formula is C9H19N3O2. The van der Waals surface area contributed by atoms with Gasteiger partial charge in [-0.15, -0.1) is 0 Å². The van der Waals surface area contributed by atoms with E-state index in [1.807, 2.05) is 20.8 Å². The molecule has 0 saturated heterocycles. The summed E-state index contributed by atoms with van der Waals surface area (Å²) in [4.78, 5) is 23.4. The van der Waals surface area contributed by atoms with Gasteiger partial charge in [0, 0.05) is 7.05 Å². The third-order valence-corrected chi connectivity index (χ3v) is 1.97. The number of amides is 2. The fraction of sp³-hybridized carbons (Fsp3) is 0.778. The first-order valence-corrected chi connectivity index (χ1v) is 4.45. The maximum absolute atomic E-state index is 11.6. The van der Waals surface area contributed by atoms with Gasteiger partial charge in [0.05, 0.1) is 12.6 Å². The SMILES string of the molecule is CN(CC(N)=O)C(=O)[C@H](N)C(C)(C)C. The molecule has 0 aromatic heterocycles. The van der Waals surface area contributed by atoms with Crippen LogP contribution >= 0.6 is 0 Å². The maximum atomic E-state index is 11.6. The Balaban J connectivity index is 4.40. The van der Waals surface area contributed by atoms with Gasteiger partial charge in [0.1, 0.15) is 0 Å². The number of hydrogen-bond donors (Lipinski definition) is 2. The number of nitrogens with two attached hydrogens (primary N) is 2. The molecule has 0 radical (unpaired) electrons. The monoisotopic (exact) mass is 201 g/mol. The number of carbonyl (C=O) groups is 2. The predicted molar refractivity (Wildman–Crippen MR) is 54.3 cm³/mol. The van der Waals surface area contributed by atoms with Gasteiger partial charge < -0.3 is 16.4 Å². The lowest BCUT2D eigenvalue weighted by Gasteiger charge is -2.29. The molecule has 0 aliphatic heterocycles. The summed E-state index contributed by atoms with van der Waals surface area (Å²) in [6.45, 7) is 5.51. The summed E-state index contributed by atoms with van der Waals surface area (Å²) in [5, 5.41) is 0. The summed E-state index contributed by atoms with van der Waals surface area (Å²) in [5.74, 6) is -0.807. The normalized spacial score (nSPS) is 13.5. The van der Waals surface area contributed by atoms with E-state index in [0.717, 1.165) is 0 Å². The summed E-state index contributed by atoms with van der Waals surface area (Å²) >= 11 is 0. The summed E-state index contributed by atoms with van der Waals surface area (Å²) < 4.78 is 0. The van der Waals surface area contributed by atoms with Gasteiger partial charge in [0.25, 0.3) is 0 Å². The second-order valence-corrected chi connectivity index (χ2v) is 4.50. The van der Waals surface area contributed by atoms with Crippen molar-refractivity contribution in [2.45, 2.75) is 26.8 Å². The molecule has 14 heavy (non-hydrogen) atoms. The quantitative estimate of drug-likeness (QED) is 0.633. The molecule has 0 unspecified atom stereocenters. The molecule has 0 rings (SSSR count). The lowest BCUT2D eigenvalue weighted by Crippen LogP contribution is -2.50. The Labute approximate surface area is 84.4 Å². The highest BCUT2D eigenvalue weighted by atomic mass is 16.2. The Morgan fingerprint density at radius 3 is 2.07 bits per heavy atom. The standard InChI is InChI=1S/C9H19N3O2/c1-9(2,3)7(11)8(14)12(4)5-6(10)13/h7H,5,11H2,1-4H3,(H2,10,13)/t7-/m0/s1. The van der Waals surface area contributed by atoms with Gasteiger partial charge in [-0.05, 0) is 5.41 Å². The molecule has 0 aromatic rings. The molecule has 0 aromatic carbocycles. The van der Waals surface area contributed by atoms with E-state index in [1.165, 1.54) is 11.9 Å². The molecular weight excluding hydrogens is 182 g/mol. The zero-order chi connectivity index (χ0) is 11.5. The Morgan fingerprint density at radius 2 is 1.79 bits per heavy atom. The van der Waals surface area contributed by atoms with Crippen molar-refractivity contribution in [3.63, 3.8) is 0 Å². The highest BCUT2D eigenvalue weighted by molar-refractivity contribution is 5.87. The summed E-state index contributed by atoms with van der Waals surface area (Å²) in [6, 6.07) is -0.619. The van der Waals surface area contributed by atoms with Crippen LogP contribution in [0.4, 0.5) is 0 Å². The molecule has 2 amide bonds. The van der Waals surface area contributed by atoms with Crippen LogP contribution in [0.25, 0.3) is 0 Å². The van der Waals surface area contributed by atoms with Gasteiger partial charge in [-0.3, -0.25) is 9.59 Å². The lowest BCUT2D eigenvalue weighted by atomic mass is 9.86. The Morgan fingerprint density at radius 1 is 1.36 bits per heavy atom. The second-order valence-electron chi connectivity index (χ2n) is 4.50. The van der Waals surface area contributed by atoms with Crippen LogP contribution in [0.5, 0.6) is 0 Å². The molecule has 1 atom stereocenters. The van der Waals surface area contributed by atoms with Crippen molar-refractivity contribution in [3.8, 4) is 0 Å². The molecule has 0 saturated carbocycles. The van der Waals surface area contributed by atoms with E-state index in [9.17, 15) is 9.59 Å². The van der Waals surface area contributed by atoms with E-state index in [2.05, 4.69) is 0 Å². The number of likely N-dealkylation sites (N-methyl/N-ethyl adjacent to an activating group) is 1. The minimum atomic E-state index is -0.619. The van der Waals surface area contributed by atoms with Crippen LogP contribution in [0.15, 0.2) is 0 Å². The molecule has 4 N–H and O–H groups in total. The Hall–Kier alpha value is -1.10. The van der Waals surface area contributed by atoms with Crippen LogP contribution in [0, 0.1) is 5.41 Å². The van der Waals surface area contributed by atoms with Crippen molar-refractivity contribution in [1.29, 1.82) is 0 Å². The predicted octanol–water partition coefficient (Wildman–Crippen LogP) is -0.696. The van der Waals surface area contributed by atoms with Gasteiger partial charge in [-0.1, -0.05) is 20.8 Å². The minimum absolute atomic E-state index is 0.0946. The number of rotatable bonds is 3. The molecule has 5 nitrogen and oxygen atoms in total. The van der Waals surface area contributed by atoms with Crippen molar-refractivity contribution in [1.82, 2.24) is 4.90 Å². The maximum Gasteiger partial charge on any atom is 0.240 e. The molecule has 5 heteroatoms. The third-order valence-electron chi connectivity index (χ3n) is 1.97. The van der Waals surface area contributed by atoms with Crippen LogP contribution in [0.3, 0.4) is 0 Å². The number of primary amides is 1. The molecule has 0 spiro atoms. The second kappa shape index (κ2) is 4.41. The van der Waals surface area contributed by atoms with Crippen molar-refractivity contribution in [2.75, 3.05) is 13.6 Å². The third kappa shape index (κ3) is 3.74. The largest absolute Gasteiger partial charge is 0.368 e. The summed E-state index contributed by atoms with van der Waals surface area (Å²) in [7, 11) is 1.51.